The van der Waals surface area contributed by atoms with E-state index in [-0.39, 0.29) is 41.3 Å². The number of allylic oxidation sites excluding steroid dienone is 1. The lowest BCUT2D eigenvalue weighted by atomic mass is 9.79. The molecule has 9 nitrogen and oxygen atoms in total. The van der Waals surface area contributed by atoms with E-state index in [2.05, 4.69) is 5.32 Å². The highest BCUT2D eigenvalue weighted by Crippen LogP contribution is 2.42. The van der Waals surface area contributed by atoms with Crippen LogP contribution in [0, 0.1) is 10.1 Å². The summed E-state index contributed by atoms with van der Waals surface area (Å²) in [5.41, 5.74) is 0.967. The van der Waals surface area contributed by atoms with Crippen LogP contribution < -0.4 is 5.32 Å². The van der Waals surface area contributed by atoms with Crippen molar-refractivity contribution >= 4 is 17.6 Å². The topological polar surface area (TPSA) is 128 Å². The molecule has 2 aromatic carbocycles. The third-order valence-corrected chi connectivity index (χ3v) is 5.18. The monoisotopic (exact) mass is 452 g/mol. The lowest BCUT2D eigenvalue weighted by Crippen LogP contribution is -2.34. The van der Waals surface area contributed by atoms with Crippen molar-refractivity contribution in [2.45, 2.75) is 26.4 Å². The van der Waals surface area contributed by atoms with Gasteiger partial charge in [-0.1, -0.05) is 48.5 Å². The van der Waals surface area contributed by atoms with Crippen LogP contribution in [0.2, 0.25) is 0 Å². The number of rotatable bonds is 8. The Morgan fingerprint density at radius 1 is 1.03 bits per heavy atom. The number of esters is 2. The average molecular weight is 452 g/mol. The molecule has 9 heteroatoms. The van der Waals surface area contributed by atoms with Gasteiger partial charge in [0.15, 0.2) is 0 Å². The maximum atomic E-state index is 13.2. The molecule has 33 heavy (non-hydrogen) atoms. The second-order valence-corrected chi connectivity index (χ2v) is 7.25. The number of dihydropyridines is 1. The summed E-state index contributed by atoms with van der Waals surface area (Å²) in [5.74, 6) is -2.71. The summed E-state index contributed by atoms with van der Waals surface area (Å²) in [6.07, 6.45) is 0. The van der Waals surface area contributed by atoms with Gasteiger partial charge >= 0.3 is 11.9 Å². The molecule has 1 heterocycles. The van der Waals surface area contributed by atoms with Crippen molar-refractivity contribution < 1.29 is 29.1 Å². The zero-order valence-electron chi connectivity index (χ0n) is 18.2. The van der Waals surface area contributed by atoms with Gasteiger partial charge in [-0.25, -0.2) is 9.59 Å². The number of aliphatic hydroxyl groups is 1. The highest BCUT2D eigenvalue weighted by atomic mass is 16.6. The van der Waals surface area contributed by atoms with Crippen LogP contribution in [0.1, 0.15) is 30.9 Å². The highest BCUT2D eigenvalue weighted by Gasteiger charge is 2.41. The van der Waals surface area contributed by atoms with E-state index in [0.717, 1.165) is 5.56 Å². The Balaban J connectivity index is 2.13. The number of nitrogens with zero attached hydrogens (tertiary/aromatic N) is 1. The normalized spacial score (nSPS) is 15.7. The van der Waals surface area contributed by atoms with E-state index < -0.39 is 29.4 Å². The number of hydrogen-bond donors (Lipinski definition) is 2. The van der Waals surface area contributed by atoms with Crippen LogP contribution in [0.3, 0.4) is 0 Å². The molecule has 2 aromatic rings. The summed E-state index contributed by atoms with van der Waals surface area (Å²) < 4.78 is 10.7. The van der Waals surface area contributed by atoms with Gasteiger partial charge in [0.05, 0.1) is 40.9 Å². The van der Waals surface area contributed by atoms with Crippen molar-refractivity contribution in [1.29, 1.82) is 0 Å². The summed E-state index contributed by atoms with van der Waals surface area (Å²) >= 11 is 0. The largest absolute Gasteiger partial charge is 0.463 e. The van der Waals surface area contributed by atoms with Crippen LogP contribution in [0.15, 0.2) is 77.1 Å². The van der Waals surface area contributed by atoms with Gasteiger partial charge in [-0.2, -0.15) is 0 Å². The second kappa shape index (κ2) is 10.6. The molecule has 0 amide bonds. The number of carbonyl (C=O) groups excluding carboxylic acids is 2. The first-order valence-corrected chi connectivity index (χ1v) is 10.3. The van der Waals surface area contributed by atoms with Gasteiger partial charge in [0.1, 0.15) is 6.61 Å². The Morgan fingerprint density at radius 2 is 1.67 bits per heavy atom. The van der Waals surface area contributed by atoms with Crippen LogP contribution in [0.25, 0.3) is 0 Å². The molecule has 0 aliphatic carbocycles. The molecule has 1 aliphatic heterocycles. The van der Waals surface area contributed by atoms with E-state index in [1.165, 1.54) is 18.2 Å². The standard InChI is InChI=1S/C24H24N2O7/c1-3-32-24(29)22-18(13-27)25-15(2)20(23(28)33-14-16-9-5-4-6-10-16)21(22)17-11-7-8-12-19(17)26(30)31/h4-12,21,25,27H,3,13-14H2,1-2H3. The third-order valence-electron chi connectivity index (χ3n) is 5.18. The van der Waals surface area contributed by atoms with Gasteiger partial charge < -0.3 is 19.9 Å². The number of para-hydroxylation sites is 1. The maximum absolute atomic E-state index is 13.2. The molecular formula is C24H24N2O7. The molecule has 0 fully saturated rings. The number of ether oxygens (including phenoxy) is 2. The minimum atomic E-state index is -1.17. The van der Waals surface area contributed by atoms with Gasteiger partial charge in [0, 0.05) is 17.3 Å². The lowest BCUT2D eigenvalue weighted by molar-refractivity contribution is -0.385. The zero-order valence-corrected chi connectivity index (χ0v) is 18.2. The van der Waals surface area contributed by atoms with Crippen LogP contribution in [0.4, 0.5) is 5.69 Å². The molecule has 1 atom stereocenters. The van der Waals surface area contributed by atoms with Crippen LogP contribution in [0.5, 0.6) is 0 Å². The number of benzene rings is 2. The van der Waals surface area contributed by atoms with E-state index in [9.17, 15) is 24.8 Å². The van der Waals surface area contributed by atoms with Crippen molar-refractivity contribution in [3.8, 4) is 0 Å². The average Bonchev–Trinajstić information content (AvgIpc) is 2.82. The first kappa shape index (κ1) is 23.7. The van der Waals surface area contributed by atoms with Crippen molar-refractivity contribution in [3.63, 3.8) is 0 Å². The molecule has 0 radical (unpaired) electrons. The second-order valence-electron chi connectivity index (χ2n) is 7.25. The van der Waals surface area contributed by atoms with Crippen LogP contribution >= 0.6 is 0 Å². The van der Waals surface area contributed by atoms with Gasteiger partial charge in [-0.3, -0.25) is 10.1 Å². The summed E-state index contributed by atoms with van der Waals surface area (Å²) in [6.45, 7) is 2.66. The van der Waals surface area contributed by atoms with Crippen molar-refractivity contribution in [1.82, 2.24) is 5.32 Å². The summed E-state index contributed by atoms with van der Waals surface area (Å²) in [6, 6.07) is 14.9. The van der Waals surface area contributed by atoms with Crippen molar-refractivity contribution in [3.05, 3.63) is 98.4 Å². The fraction of sp³-hybridized carbons (Fsp3) is 0.250. The molecular weight excluding hydrogens is 428 g/mol. The molecule has 0 spiro atoms. The van der Waals surface area contributed by atoms with Gasteiger partial charge in [-0.15, -0.1) is 0 Å². The lowest BCUT2D eigenvalue weighted by Gasteiger charge is -2.30. The number of carbonyl (C=O) groups is 2. The molecule has 0 bridgehead atoms. The van der Waals surface area contributed by atoms with E-state index in [1.807, 2.05) is 6.07 Å². The number of hydrogen-bond acceptors (Lipinski definition) is 8. The number of aliphatic hydroxyl groups excluding tert-OH is 1. The minimum Gasteiger partial charge on any atom is -0.463 e. The Bertz CT molecular complexity index is 1120. The van der Waals surface area contributed by atoms with Crippen molar-refractivity contribution in [2.24, 2.45) is 0 Å². The maximum Gasteiger partial charge on any atom is 0.337 e. The molecule has 3 rings (SSSR count). The Hall–Kier alpha value is -3.98. The smallest absolute Gasteiger partial charge is 0.337 e. The molecule has 2 N–H and O–H groups in total. The Kier molecular flexibility index (Phi) is 7.57. The number of nitro groups is 1. The summed E-state index contributed by atoms with van der Waals surface area (Å²) in [5, 5.41) is 24.5. The SMILES string of the molecule is CCOC(=O)C1=C(CO)NC(C)=C(C(=O)OCc2ccccc2)C1c1ccccc1[N+](=O)[O-]. The predicted octanol–water partition coefficient (Wildman–Crippen LogP) is 3.11. The van der Waals surface area contributed by atoms with E-state index >= 15 is 0 Å². The fourth-order valence-corrected chi connectivity index (χ4v) is 3.75. The zero-order chi connectivity index (χ0) is 24.0. The molecule has 0 aromatic heterocycles. The first-order chi connectivity index (χ1) is 15.9. The van der Waals surface area contributed by atoms with Crippen molar-refractivity contribution in [2.75, 3.05) is 13.2 Å². The quantitative estimate of drug-likeness (QED) is 0.355. The predicted molar refractivity (Wildman–Crippen MR) is 119 cm³/mol. The minimum absolute atomic E-state index is 0.0225. The molecule has 0 saturated heterocycles. The van der Waals surface area contributed by atoms with E-state index in [1.54, 1.807) is 44.2 Å². The molecule has 1 unspecified atom stereocenters. The highest BCUT2D eigenvalue weighted by molar-refractivity contribution is 6.00. The first-order valence-electron chi connectivity index (χ1n) is 10.3. The summed E-state index contributed by atoms with van der Waals surface area (Å²) in [4.78, 5) is 37.3. The Labute approximate surface area is 190 Å². The number of nitro benzene ring substituents is 1. The fourth-order valence-electron chi connectivity index (χ4n) is 3.75. The van der Waals surface area contributed by atoms with Gasteiger partial charge in [0.2, 0.25) is 0 Å². The van der Waals surface area contributed by atoms with Crippen LogP contribution in [-0.4, -0.2) is 35.2 Å². The van der Waals surface area contributed by atoms with Gasteiger partial charge in [-0.05, 0) is 19.4 Å². The summed E-state index contributed by atoms with van der Waals surface area (Å²) in [7, 11) is 0. The van der Waals surface area contributed by atoms with E-state index in [0.29, 0.717) is 5.70 Å². The number of nitrogens with one attached hydrogen (secondary N) is 1. The van der Waals surface area contributed by atoms with Crippen LogP contribution in [-0.2, 0) is 25.7 Å². The molecule has 172 valence electrons. The third kappa shape index (κ3) is 5.09. The van der Waals surface area contributed by atoms with E-state index in [4.69, 9.17) is 9.47 Å². The van der Waals surface area contributed by atoms with Gasteiger partial charge in [0.25, 0.3) is 5.69 Å². The molecule has 1 aliphatic rings. The Morgan fingerprint density at radius 3 is 2.30 bits per heavy atom. The molecule has 0 saturated carbocycles.